The van der Waals surface area contributed by atoms with Crippen molar-refractivity contribution < 1.29 is 0 Å². The van der Waals surface area contributed by atoms with E-state index < -0.39 is 0 Å². The van der Waals surface area contributed by atoms with Crippen LogP contribution in [-0.4, -0.2) is 26.2 Å². The Bertz CT molecular complexity index is 477. The number of nitrogens with zero attached hydrogens (tertiary/aromatic N) is 4. The molecule has 1 aromatic carbocycles. The van der Waals surface area contributed by atoms with Gasteiger partial charge in [-0.1, -0.05) is 37.1 Å². The molecule has 0 saturated heterocycles. The lowest BCUT2D eigenvalue weighted by atomic mass is 10.1. The van der Waals surface area contributed by atoms with E-state index >= 15 is 0 Å². The monoisotopic (exact) mass is 245 g/mol. The van der Waals surface area contributed by atoms with Crippen LogP contribution in [0.1, 0.15) is 27.2 Å². The van der Waals surface area contributed by atoms with Crippen molar-refractivity contribution >= 4 is 5.95 Å². The van der Waals surface area contributed by atoms with Crippen molar-refractivity contribution in [1.29, 1.82) is 0 Å². The number of hydrogen-bond donors (Lipinski definition) is 1. The second kappa shape index (κ2) is 5.62. The average molecular weight is 245 g/mol. The fourth-order valence-corrected chi connectivity index (χ4v) is 2.01. The van der Waals surface area contributed by atoms with E-state index in [9.17, 15) is 0 Å². The number of para-hydroxylation sites is 1. The zero-order valence-corrected chi connectivity index (χ0v) is 11.0. The van der Waals surface area contributed by atoms with Crippen LogP contribution in [0, 0.1) is 5.92 Å². The SMILES string of the molecule is CC(C)CC(C)Nc1nnnn1-c1ccccc1. The zero-order chi connectivity index (χ0) is 13.0. The van der Waals surface area contributed by atoms with Gasteiger partial charge in [-0.05, 0) is 41.8 Å². The van der Waals surface area contributed by atoms with E-state index in [1.54, 1.807) is 4.68 Å². The molecule has 5 nitrogen and oxygen atoms in total. The van der Waals surface area contributed by atoms with Gasteiger partial charge in [-0.3, -0.25) is 0 Å². The normalized spacial score (nSPS) is 12.7. The van der Waals surface area contributed by atoms with Crippen molar-refractivity contribution in [2.45, 2.75) is 33.2 Å². The number of anilines is 1. The second-order valence-corrected chi connectivity index (χ2v) is 4.92. The molecule has 1 aromatic heterocycles. The third-order valence-corrected chi connectivity index (χ3v) is 2.67. The maximum Gasteiger partial charge on any atom is 0.247 e. The molecule has 1 N–H and O–H groups in total. The molecule has 0 aliphatic heterocycles. The van der Waals surface area contributed by atoms with Gasteiger partial charge in [0.15, 0.2) is 0 Å². The molecule has 5 heteroatoms. The zero-order valence-electron chi connectivity index (χ0n) is 11.0. The lowest BCUT2D eigenvalue weighted by Crippen LogP contribution is -2.20. The van der Waals surface area contributed by atoms with Crippen LogP contribution < -0.4 is 5.32 Å². The Morgan fingerprint density at radius 1 is 1.17 bits per heavy atom. The van der Waals surface area contributed by atoms with E-state index in [1.165, 1.54) is 0 Å². The van der Waals surface area contributed by atoms with E-state index in [4.69, 9.17) is 0 Å². The third kappa shape index (κ3) is 3.06. The Kier molecular flexibility index (Phi) is 3.92. The molecule has 0 radical (unpaired) electrons. The smallest absolute Gasteiger partial charge is 0.247 e. The van der Waals surface area contributed by atoms with Gasteiger partial charge in [0.2, 0.25) is 5.95 Å². The second-order valence-electron chi connectivity index (χ2n) is 4.92. The number of nitrogens with one attached hydrogen (secondary N) is 1. The lowest BCUT2D eigenvalue weighted by molar-refractivity contribution is 0.536. The molecule has 2 aromatic rings. The van der Waals surface area contributed by atoms with Gasteiger partial charge in [-0.2, -0.15) is 4.68 Å². The van der Waals surface area contributed by atoms with Crippen LogP contribution in [-0.2, 0) is 0 Å². The fraction of sp³-hybridized carbons (Fsp3) is 0.462. The number of aromatic nitrogens is 4. The first kappa shape index (κ1) is 12.5. The first-order valence-corrected chi connectivity index (χ1v) is 6.27. The summed E-state index contributed by atoms with van der Waals surface area (Å²) in [6, 6.07) is 10.2. The highest BCUT2D eigenvalue weighted by atomic mass is 15.6. The molecule has 96 valence electrons. The Morgan fingerprint density at radius 3 is 2.56 bits per heavy atom. The van der Waals surface area contributed by atoms with Crippen LogP contribution in [0.5, 0.6) is 0 Å². The molecule has 1 heterocycles. The maximum absolute atomic E-state index is 4.03. The summed E-state index contributed by atoms with van der Waals surface area (Å²) in [5.74, 6) is 1.34. The lowest BCUT2D eigenvalue weighted by Gasteiger charge is -2.16. The minimum Gasteiger partial charge on any atom is -0.350 e. The van der Waals surface area contributed by atoms with Gasteiger partial charge in [0.1, 0.15) is 0 Å². The largest absolute Gasteiger partial charge is 0.350 e. The van der Waals surface area contributed by atoms with Gasteiger partial charge in [-0.15, -0.1) is 0 Å². The van der Waals surface area contributed by atoms with Crippen LogP contribution in [0.4, 0.5) is 5.95 Å². The Labute approximate surface area is 107 Å². The molecule has 0 aliphatic carbocycles. The molecule has 0 spiro atoms. The first-order chi connectivity index (χ1) is 8.66. The average Bonchev–Trinajstić information content (AvgIpc) is 2.77. The van der Waals surface area contributed by atoms with Gasteiger partial charge in [-0.25, -0.2) is 0 Å². The van der Waals surface area contributed by atoms with Gasteiger partial charge in [0, 0.05) is 6.04 Å². The molecular weight excluding hydrogens is 226 g/mol. The van der Waals surface area contributed by atoms with E-state index in [1.807, 2.05) is 30.3 Å². The molecule has 1 unspecified atom stereocenters. The highest BCUT2D eigenvalue weighted by molar-refractivity contribution is 5.38. The van der Waals surface area contributed by atoms with Crippen molar-refractivity contribution in [3.63, 3.8) is 0 Å². The molecule has 18 heavy (non-hydrogen) atoms. The standard InChI is InChI=1S/C13H19N5/c1-10(2)9-11(3)14-13-15-16-17-18(13)12-7-5-4-6-8-12/h4-8,10-11H,9H2,1-3H3,(H,14,15,17). The molecule has 0 fully saturated rings. The van der Waals surface area contributed by atoms with E-state index in [0.717, 1.165) is 12.1 Å². The summed E-state index contributed by atoms with van der Waals surface area (Å²) in [4.78, 5) is 0. The summed E-state index contributed by atoms with van der Waals surface area (Å²) < 4.78 is 1.72. The van der Waals surface area contributed by atoms with Gasteiger partial charge in [0.05, 0.1) is 5.69 Å². The predicted octanol–water partition coefficient (Wildman–Crippen LogP) is 2.51. The van der Waals surface area contributed by atoms with Gasteiger partial charge in [0.25, 0.3) is 0 Å². The molecule has 0 bridgehead atoms. The van der Waals surface area contributed by atoms with Crippen molar-refractivity contribution in [1.82, 2.24) is 20.2 Å². The first-order valence-electron chi connectivity index (χ1n) is 6.27. The number of benzene rings is 1. The van der Waals surface area contributed by atoms with Crippen LogP contribution in [0.3, 0.4) is 0 Å². The fourth-order valence-electron chi connectivity index (χ4n) is 2.01. The predicted molar refractivity (Wildman–Crippen MR) is 71.7 cm³/mol. The summed E-state index contributed by atoms with van der Waals surface area (Å²) >= 11 is 0. The molecule has 0 aliphatic rings. The molecular formula is C13H19N5. The quantitative estimate of drug-likeness (QED) is 0.879. The van der Waals surface area contributed by atoms with Crippen LogP contribution >= 0.6 is 0 Å². The van der Waals surface area contributed by atoms with Gasteiger partial charge < -0.3 is 5.32 Å². The molecule has 2 rings (SSSR count). The summed E-state index contributed by atoms with van der Waals surface area (Å²) in [7, 11) is 0. The summed E-state index contributed by atoms with van der Waals surface area (Å²) in [5, 5.41) is 15.1. The van der Waals surface area contributed by atoms with E-state index in [2.05, 4.69) is 41.6 Å². The highest BCUT2D eigenvalue weighted by Crippen LogP contribution is 2.13. The summed E-state index contributed by atoms with van der Waals surface area (Å²) in [6.45, 7) is 6.56. The number of tetrazole rings is 1. The maximum atomic E-state index is 4.03. The van der Waals surface area contributed by atoms with E-state index in [0.29, 0.717) is 17.9 Å². The Morgan fingerprint density at radius 2 is 1.89 bits per heavy atom. The Balaban J connectivity index is 2.14. The summed E-state index contributed by atoms with van der Waals surface area (Å²) in [6.07, 6.45) is 1.08. The van der Waals surface area contributed by atoms with E-state index in [-0.39, 0.29) is 0 Å². The van der Waals surface area contributed by atoms with Crippen molar-refractivity contribution in [2.75, 3.05) is 5.32 Å². The topological polar surface area (TPSA) is 55.6 Å². The molecule has 0 saturated carbocycles. The Hall–Kier alpha value is -1.91. The minimum atomic E-state index is 0.346. The number of rotatable bonds is 5. The summed E-state index contributed by atoms with van der Waals surface area (Å²) in [5.41, 5.74) is 0.960. The highest BCUT2D eigenvalue weighted by Gasteiger charge is 2.11. The van der Waals surface area contributed by atoms with Gasteiger partial charge >= 0.3 is 0 Å². The van der Waals surface area contributed by atoms with Crippen molar-refractivity contribution in [3.8, 4) is 5.69 Å². The van der Waals surface area contributed by atoms with Crippen molar-refractivity contribution in [3.05, 3.63) is 30.3 Å². The minimum absolute atomic E-state index is 0.346. The van der Waals surface area contributed by atoms with Crippen molar-refractivity contribution in [2.24, 2.45) is 5.92 Å². The van der Waals surface area contributed by atoms with Crippen LogP contribution in [0.2, 0.25) is 0 Å². The third-order valence-electron chi connectivity index (χ3n) is 2.67. The van der Waals surface area contributed by atoms with Crippen LogP contribution in [0.15, 0.2) is 30.3 Å². The molecule has 1 atom stereocenters. The number of hydrogen-bond acceptors (Lipinski definition) is 4. The van der Waals surface area contributed by atoms with Crippen LogP contribution in [0.25, 0.3) is 5.69 Å². The molecule has 0 amide bonds.